The molecule has 1 N–H and O–H groups in total. The predicted octanol–water partition coefficient (Wildman–Crippen LogP) is 1.54. The largest absolute Gasteiger partial charge is 0.375 e. The maximum atomic E-state index is 12.2. The first-order chi connectivity index (χ1) is 8.48. The van der Waals surface area contributed by atoms with Crippen LogP contribution < -0.4 is 5.32 Å². The molecule has 2 aliphatic heterocycles. The normalized spacial score (nSPS) is 29.3. The Kier molecular flexibility index (Phi) is 4.28. The van der Waals surface area contributed by atoms with Crippen molar-refractivity contribution in [2.75, 3.05) is 19.7 Å². The molecule has 18 heavy (non-hydrogen) atoms. The van der Waals surface area contributed by atoms with E-state index in [-0.39, 0.29) is 17.6 Å². The number of carbonyl (C=O) groups is 1. The highest BCUT2D eigenvalue weighted by Gasteiger charge is 2.31. The van der Waals surface area contributed by atoms with Gasteiger partial charge in [0, 0.05) is 25.7 Å². The van der Waals surface area contributed by atoms with Crippen LogP contribution in [0.1, 0.15) is 46.5 Å². The molecule has 0 aliphatic carbocycles. The summed E-state index contributed by atoms with van der Waals surface area (Å²) in [4.78, 5) is 14.2. The van der Waals surface area contributed by atoms with Crippen molar-refractivity contribution >= 4 is 5.91 Å². The lowest BCUT2D eigenvalue weighted by Gasteiger charge is -2.37. The van der Waals surface area contributed by atoms with Gasteiger partial charge in [-0.25, -0.2) is 0 Å². The molecule has 4 heteroatoms. The van der Waals surface area contributed by atoms with E-state index < -0.39 is 0 Å². The Morgan fingerprint density at radius 2 is 2.06 bits per heavy atom. The monoisotopic (exact) mass is 254 g/mol. The summed E-state index contributed by atoms with van der Waals surface area (Å²) in [5.74, 6) is 0.261. The molecule has 1 amide bonds. The van der Waals surface area contributed by atoms with Crippen molar-refractivity contribution in [2.24, 2.45) is 0 Å². The molecule has 104 valence electrons. The first-order valence-electron chi connectivity index (χ1n) is 7.17. The zero-order valence-electron chi connectivity index (χ0n) is 11.9. The molecule has 0 aromatic carbocycles. The molecule has 2 heterocycles. The fourth-order valence-electron chi connectivity index (χ4n) is 3.01. The van der Waals surface area contributed by atoms with Crippen LogP contribution >= 0.6 is 0 Å². The van der Waals surface area contributed by atoms with Crippen LogP contribution in [0, 0.1) is 0 Å². The topological polar surface area (TPSA) is 41.6 Å². The van der Waals surface area contributed by atoms with E-state index in [1.807, 2.05) is 11.8 Å². The lowest BCUT2D eigenvalue weighted by atomic mass is 9.93. The van der Waals surface area contributed by atoms with Crippen molar-refractivity contribution in [3.8, 4) is 0 Å². The summed E-state index contributed by atoms with van der Waals surface area (Å²) in [6.07, 6.45) is 4.29. The Balaban J connectivity index is 1.82. The first-order valence-corrected chi connectivity index (χ1v) is 7.17. The summed E-state index contributed by atoms with van der Waals surface area (Å²) in [6.45, 7) is 8.88. The van der Waals surface area contributed by atoms with Crippen molar-refractivity contribution in [1.29, 1.82) is 0 Å². The third-order valence-electron chi connectivity index (χ3n) is 3.97. The SMILES string of the molecule is CC(NC1CCOC(C)(C)C1)C(=O)N1CCCC1. The number of amides is 1. The summed E-state index contributed by atoms with van der Waals surface area (Å²) in [5.41, 5.74) is -0.0632. The van der Waals surface area contributed by atoms with Gasteiger partial charge in [-0.1, -0.05) is 0 Å². The zero-order chi connectivity index (χ0) is 13.2. The molecule has 0 radical (unpaired) electrons. The maximum Gasteiger partial charge on any atom is 0.239 e. The third-order valence-corrected chi connectivity index (χ3v) is 3.97. The molecule has 0 aromatic rings. The summed E-state index contributed by atoms with van der Waals surface area (Å²) in [7, 11) is 0. The zero-order valence-corrected chi connectivity index (χ0v) is 11.9. The van der Waals surface area contributed by atoms with E-state index in [9.17, 15) is 4.79 Å². The molecule has 0 aromatic heterocycles. The van der Waals surface area contributed by atoms with Crippen LogP contribution in [0.25, 0.3) is 0 Å². The van der Waals surface area contributed by atoms with Crippen LogP contribution in [0.2, 0.25) is 0 Å². The van der Waals surface area contributed by atoms with Gasteiger partial charge in [-0.15, -0.1) is 0 Å². The maximum absolute atomic E-state index is 12.2. The standard InChI is InChI=1S/C14H26N2O2/c1-11(13(17)16-7-4-5-8-16)15-12-6-9-18-14(2,3)10-12/h11-12,15H,4-10H2,1-3H3. The van der Waals surface area contributed by atoms with Gasteiger partial charge in [0.1, 0.15) is 0 Å². The fourth-order valence-corrected chi connectivity index (χ4v) is 3.01. The van der Waals surface area contributed by atoms with Crippen molar-refractivity contribution in [3.05, 3.63) is 0 Å². The number of hydrogen-bond acceptors (Lipinski definition) is 3. The number of nitrogens with one attached hydrogen (secondary N) is 1. The highest BCUT2D eigenvalue weighted by molar-refractivity contribution is 5.81. The molecule has 2 saturated heterocycles. The second-order valence-electron chi connectivity index (χ2n) is 6.22. The van der Waals surface area contributed by atoms with Crippen LogP contribution in [0.3, 0.4) is 0 Å². The Morgan fingerprint density at radius 1 is 1.39 bits per heavy atom. The lowest BCUT2D eigenvalue weighted by molar-refractivity contribution is -0.132. The second-order valence-corrected chi connectivity index (χ2v) is 6.22. The predicted molar refractivity (Wildman–Crippen MR) is 71.5 cm³/mol. The fraction of sp³-hybridized carbons (Fsp3) is 0.929. The molecule has 0 bridgehead atoms. The minimum atomic E-state index is -0.0676. The van der Waals surface area contributed by atoms with Crippen LogP contribution in [-0.4, -0.2) is 48.2 Å². The highest BCUT2D eigenvalue weighted by Crippen LogP contribution is 2.24. The molecular weight excluding hydrogens is 228 g/mol. The minimum Gasteiger partial charge on any atom is -0.375 e. The minimum absolute atomic E-state index is 0.0632. The Morgan fingerprint density at radius 3 is 2.67 bits per heavy atom. The van der Waals surface area contributed by atoms with E-state index in [2.05, 4.69) is 19.2 Å². The number of carbonyl (C=O) groups excluding carboxylic acids is 1. The average Bonchev–Trinajstić information content (AvgIpc) is 2.79. The molecule has 2 fully saturated rings. The van der Waals surface area contributed by atoms with Crippen molar-refractivity contribution in [3.63, 3.8) is 0 Å². The summed E-state index contributed by atoms with van der Waals surface area (Å²) >= 11 is 0. The summed E-state index contributed by atoms with van der Waals surface area (Å²) < 4.78 is 5.70. The van der Waals surface area contributed by atoms with Crippen LogP contribution in [0.5, 0.6) is 0 Å². The second kappa shape index (κ2) is 5.57. The number of hydrogen-bond donors (Lipinski definition) is 1. The lowest BCUT2D eigenvalue weighted by Crippen LogP contribution is -2.51. The Bertz CT molecular complexity index is 298. The molecule has 0 saturated carbocycles. The van der Waals surface area contributed by atoms with Crippen LogP contribution in [0.4, 0.5) is 0 Å². The molecule has 4 nitrogen and oxygen atoms in total. The van der Waals surface area contributed by atoms with Gasteiger partial charge in [0.15, 0.2) is 0 Å². The van der Waals surface area contributed by atoms with Gasteiger partial charge in [-0.05, 0) is 46.5 Å². The van der Waals surface area contributed by atoms with E-state index in [0.29, 0.717) is 6.04 Å². The van der Waals surface area contributed by atoms with Gasteiger partial charge in [-0.2, -0.15) is 0 Å². The van der Waals surface area contributed by atoms with Crippen molar-refractivity contribution in [1.82, 2.24) is 10.2 Å². The third kappa shape index (κ3) is 3.45. The smallest absolute Gasteiger partial charge is 0.239 e. The van der Waals surface area contributed by atoms with Gasteiger partial charge >= 0.3 is 0 Å². The first kappa shape index (κ1) is 13.8. The van der Waals surface area contributed by atoms with Gasteiger partial charge in [0.05, 0.1) is 11.6 Å². The Hall–Kier alpha value is -0.610. The van der Waals surface area contributed by atoms with Crippen molar-refractivity contribution < 1.29 is 9.53 Å². The van der Waals surface area contributed by atoms with Crippen LogP contribution in [-0.2, 0) is 9.53 Å². The quantitative estimate of drug-likeness (QED) is 0.831. The number of ether oxygens (including phenoxy) is 1. The van der Waals surface area contributed by atoms with E-state index in [4.69, 9.17) is 4.74 Å². The molecule has 2 unspecified atom stereocenters. The van der Waals surface area contributed by atoms with Gasteiger partial charge in [0.2, 0.25) is 5.91 Å². The van der Waals surface area contributed by atoms with E-state index >= 15 is 0 Å². The van der Waals surface area contributed by atoms with Gasteiger partial charge in [-0.3, -0.25) is 4.79 Å². The van der Waals surface area contributed by atoms with Crippen molar-refractivity contribution in [2.45, 2.75) is 64.1 Å². The molecule has 0 spiro atoms. The molecule has 2 rings (SSSR count). The van der Waals surface area contributed by atoms with E-state index in [1.54, 1.807) is 0 Å². The Labute approximate surface area is 110 Å². The van der Waals surface area contributed by atoms with E-state index in [0.717, 1.165) is 45.4 Å². The number of nitrogens with zero attached hydrogens (tertiary/aromatic N) is 1. The highest BCUT2D eigenvalue weighted by atomic mass is 16.5. The molecule has 2 atom stereocenters. The number of likely N-dealkylation sites (tertiary alicyclic amines) is 1. The van der Waals surface area contributed by atoms with Gasteiger partial charge < -0.3 is 15.0 Å². The van der Waals surface area contributed by atoms with Gasteiger partial charge in [0.25, 0.3) is 0 Å². The summed E-state index contributed by atoms with van der Waals surface area (Å²) in [5, 5.41) is 3.48. The van der Waals surface area contributed by atoms with E-state index in [1.165, 1.54) is 0 Å². The number of rotatable bonds is 3. The molecular formula is C14H26N2O2. The average molecular weight is 254 g/mol. The molecule has 2 aliphatic rings. The summed E-state index contributed by atoms with van der Waals surface area (Å²) in [6, 6.07) is 0.331. The van der Waals surface area contributed by atoms with Crippen LogP contribution in [0.15, 0.2) is 0 Å².